The maximum atomic E-state index is 4.52. The Morgan fingerprint density at radius 2 is 1.73 bits per heavy atom. The van der Waals surface area contributed by atoms with Gasteiger partial charge in [-0.1, -0.05) is 42.5 Å². The highest BCUT2D eigenvalue weighted by Crippen LogP contribution is 2.10. The minimum atomic E-state index is 0.712. The molecule has 1 N–H and O–H groups in total. The Hall–Kier alpha value is -3.01. The molecule has 0 unspecified atom stereocenters. The summed E-state index contributed by atoms with van der Waals surface area (Å²) < 4.78 is 0. The first-order chi connectivity index (χ1) is 10.8. The Morgan fingerprint density at radius 3 is 2.45 bits per heavy atom. The second kappa shape index (κ2) is 6.63. The van der Waals surface area contributed by atoms with Crippen molar-refractivity contribution in [3.63, 3.8) is 0 Å². The molecule has 0 saturated heterocycles. The number of hydrazone groups is 1. The SMILES string of the molecule is Cc1cccc(N/N=C(\c2ccccc2)c2ccccn2)n1. The Kier molecular flexibility index (Phi) is 4.20. The highest BCUT2D eigenvalue weighted by molar-refractivity contribution is 6.11. The first kappa shape index (κ1) is 13.9. The molecule has 4 nitrogen and oxygen atoms in total. The van der Waals surface area contributed by atoms with Crippen molar-refractivity contribution in [2.45, 2.75) is 6.92 Å². The molecule has 0 bridgehead atoms. The number of hydrogen-bond acceptors (Lipinski definition) is 4. The smallest absolute Gasteiger partial charge is 0.146 e. The molecule has 3 aromatic rings. The van der Waals surface area contributed by atoms with Gasteiger partial charge in [0.2, 0.25) is 0 Å². The zero-order valence-electron chi connectivity index (χ0n) is 12.3. The second-order valence-corrected chi connectivity index (χ2v) is 4.82. The number of hydrogen-bond donors (Lipinski definition) is 1. The molecule has 4 heteroatoms. The van der Waals surface area contributed by atoms with Crippen LogP contribution in [0.4, 0.5) is 5.82 Å². The molecule has 0 radical (unpaired) electrons. The second-order valence-electron chi connectivity index (χ2n) is 4.82. The molecule has 2 heterocycles. The molecule has 0 amide bonds. The molecule has 0 fully saturated rings. The fourth-order valence-electron chi connectivity index (χ4n) is 2.09. The minimum absolute atomic E-state index is 0.712. The molecule has 0 aliphatic carbocycles. The topological polar surface area (TPSA) is 50.2 Å². The summed E-state index contributed by atoms with van der Waals surface area (Å²) in [5.41, 5.74) is 6.56. The fourth-order valence-corrected chi connectivity index (χ4v) is 2.09. The summed E-state index contributed by atoms with van der Waals surface area (Å²) in [4.78, 5) is 8.79. The molecular formula is C18H16N4. The van der Waals surface area contributed by atoms with E-state index in [1.54, 1.807) is 6.20 Å². The van der Waals surface area contributed by atoms with Gasteiger partial charge in [-0.05, 0) is 31.2 Å². The third-order valence-corrected chi connectivity index (χ3v) is 3.13. The summed E-state index contributed by atoms with van der Waals surface area (Å²) in [6.07, 6.45) is 1.76. The van der Waals surface area contributed by atoms with E-state index in [0.717, 1.165) is 22.7 Å². The monoisotopic (exact) mass is 288 g/mol. The molecule has 0 atom stereocenters. The summed E-state index contributed by atoms with van der Waals surface area (Å²) in [7, 11) is 0. The Bertz CT molecular complexity index is 726. The number of benzene rings is 1. The lowest BCUT2D eigenvalue weighted by Crippen LogP contribution is -2.08. The number of nitrogens with zero attached hydrogens (tertiary/aromatic N) is 3. The number of anilines is 1. The van der Waals surface area contributed by atoms with Crippen LogP contribution in [0.25, 0.3) is 0 Å². The van der Waals surface area contributed by atoms with E-state index in [1.807, 2.05) is 73.7 Å². The van der Waals surface area contributed by atoms with Crippen molar-refractivity contribution >= 4 is 11.5 Å². The van der Waals surface area contributed by atoms with Gasteiger partial charge >= 0.3 is 0 Å². The summed E-state index contributed by atoms with van der Waals surface area (Å²) in [5, 5.41) is 4.52. The third-order valence-electron chi connectivity index (χ3n) is 3.13. The standard InChI is InChI=1S/C18H16N4/c1-14-8-7-12-17(20-14)21-22-18(15-9-3-2-4-10-15)16-11-5-6-13-19-16/h2-13H,1H3,(H,20,21)/b22-18+. The van der Waals surface area contributed by atoms with Gasteiger partial charge in [-0.25, -0.2) is 4.98 Å². The molecule has 0 aliphatic rings. The van der Waals surface area contributed by atoms with Crippen molar-refractivity contribution in [3.8, 4) is 0 Å². The molecule has 0 spiro atoms. The third kappa shape index (κ3) is 3.35. The average Bonchev–Trinajstić information content (AvgIpc) is 2.57. The van der Waals surface area contributed by atoms with Gasteiger partial charge < -0.3 is 0 Å². The number of pyridine rings is 2. The van der Waals surface area contributed by atoms with Crippen molar-refractivity contribution in [1.29, 1.82) is 0 Å². The quantitative estimate of drug-likeness (QED) is 0.589. The highest BCUT2D eigenvalue weighted by atomic mass is 15.3. The number of aryl methyl sites for hydroxylation is 1. The van der Waals surface area contributed by atoms with Crippen LogP contribution in [0.1, 0.15) is 17.0 Å². The van der Waals surface area contributed by atoms with Gasteiger partial charge in [-0.2, -0.15) is 5.10 Å². The van der Waals surface area contributed by atoms with Crippen LogP contribution < -0.4 is 5.43 Å². The molecule has 108 valence electrons. The van der Waals surface area contributed by atoms with E-state index in [-0.39, 0.29) is 0 Å². The minimum Gasteiger partial charge on any atom is -0.261 e. The number of aromatic nitrogens is 2. The van der Waals surface area contributed by atoms with Gasteiger partial charge in [0.05, 0.1) is 5.69 Å². The average molecular weight is 288 g/mol. The Labute approximate surface area is 129 Å². The predicted molar refractivity (Wildman–Crippen MR) is 88.9 cm³/mol. The van der Waals surface area contributed by atoms with E-state index >= 15 is 0 Å². The normalized spacial score (nSPS) is 11.2. The van der Waals surface area contributed by atoms with Gasteiger partial charge in [0.1, 0.15) is 11.5 Å². The lowest BCUT2D eigenvalue weighted by Gasteiger charge is -2.07. The Balaban J connectivity index is 1.97. The summed E-state index contributed by atoms with van der Waals surface area (Å²) in [6.45, 7) is 1.95. The van der Waals surface area contributed by atoms with Crippen LogP contribution >= 0.6 is 0 Å². The lowest BCUT2D eigenvalue weighted by molar-refractivity contribution is 1.15. The zero-order valence-corrected chi connectivity index (χ0v) is 12.3. The number of rotatable bonds is 4. The molecule has 0 aliphatic heterocycles. The van der Waals surface area contributed by atoms with Crippen molar-refractivity contribution in [2.75, 3.05) is 5.43 Å². The van der Waals surface area contributed by atoms with Crippen LogP contribution in [-0.4, -0.2) is 15.7 Å². The maximum Gasteiger partial charge on any atom is 0.146 e. The predicted octanol–water partition coefficient (Wildman–Crippen LogP) is 3.65. The van der Waals surface area contributed by atoms with E-state index in [2.05, 4.69) is 20.5 Å². The van der Waals surface area contributed by atoms with E-state index in [1.165, 1.54) is 0 Å². The van der Waals surface area contributed by atoms with Crippen LogP contribution in [0.15, 0.2) is 78.0 Å². The van der Waals surface area contributed by atoms with Crippen molar-refractivity contribution < 1.29 is 0 Å². The van der Waals surface area contributed by atoms with Crippen LogP contribution in [0, 0.1) is 6.92 Å². The van der Waals surface area contributed by atoms with Gasteiger partial charge in [-0.3, -0.25) is 10.4 Å². The summed E-state index contributed by atoms with van der Waals surface area (Å²) in [5.74, 6) is 0.712. The zero-order chi connectivity index (χ0) is 15.2. The Morgan fingerprint density at radius 1 is 0.909 bits per heavy atom. The van der Waals surface area contributed by atoms with Crippen LogP contribution in [0.5, 0.6) is 0 Å². The van der Waals surface area contributed by atoms with E-state index in [9.17, 15) is 0 Å². The lowest BCUT2D eigenvalue weighted by atomic mass is 10.1. The first-order valence-corrected chi connectivity index (χ1v) is 7.07. The molecule has 3 rings (SSSR count). The van der Waals surface area contributed by atoms with Gasteiger partial charge in [-0.15, -0.1) is 0 Å². The van der Waals surface area contributed by atoms with Crippen LogP contribution in [-0.2, 0) is 0 Å². The van der Waals surface area contributed by atoms with Gasteiger partial charge in [0, 0.05) is 17.5 Å². The van der Waals surface area contributed by atoms with Crippen LogP contribution in [0.2, 0.25) is 0 Å². The first-order valence-electron chi connectivity index (χ1n) is 7.07. The van der Waals surface area contributed by atoms with E-state index in [0.29, 0.717) is 5.82 Å². The molecule has 2 aromatic heterocycles. The van der Waals surface area contributed by atoms with Crippen molar-refractivity contribution in [3.05, 3.63) is 89.9 Å². The largest absolute Gasteiger partial charge is 0.261 e. The molecule has 1 aromatic carbocycles. The number of nitrogens with one attached hydrogen (secondary N) is 1. The van der Waals surface area contributed by atoms with Crippen molar-refractivity contribution in [2.24, 2.45) is 5.10 Å². The van der Waals surface area contributed by atoms with E-state index in [4.69, 9.17) is 0 Å². The summed E-state index contributed by atoms with van der Waals surface area (Å²) in [6, 6.07) is 21.5. The summed E-state index contributed by atoms with van der Waals surface area (Å²) >= 11 is 0. The molecule has 22 heavy (non-hydrogen) atoms. The van der Waals surface area contributed by atoms with Gasteiger partial charge in [0.15, 0.2) is 0 Å². The molecular weight excluding hydrogens is 272 g/mol. The van der Waals surface area contributed by atoms with Gasteiger partial charge in [0.25, 0.3) is 0 Å². The maximum absolute atomic E-state index is 4.52. The fraction of sp³-hybridized carbons (Fsp3) is 0.0556. The van der Waals surface area contributed by atoms with Crippen molar-refractivity contribution in [1.82, 2.24) is 9.97 Å². The van der Waals surface area contributed by atoms with Crippen LogP contribution in [0.3, 0.4) is 0 Å². The van der Waals surface area contributed by atoms with E-state index < -0.39 is 0 Å². The molecule has 0 saturated carbocycles. The highest BCUT2D eigenvalue weighted by Gasteiger charge is 2.07.